The van der Waals surface area contributed by atoms with Crippen molar-refractivity contribution < 1.29 is 28.5 Å². The molecule has 4 amide bonds. The van der Waals surface area contributed by atoms with Crippen LogP contribution in [0.1, 0.15) is 61.8 Å². The Hall–Kier alpha value is -4.94. The van der Waals surface area contributed by atoms with Crippen molar-refractivity contribution in [2.75, 3.05) is 30.3 Å². The summed E-state index contributed by atoms with van der Waals surface area (Å²) in [6, 6.07) is 20.8. The highest BCUT2D eigenvalue weighted by Crippen LogP contribution is 2.36. The van der Waals surface area contributed by atoms with Crippen LogP contribution in [0.15, 0.2) is 79.0 Å². The maximum absolute atomic E-state index is 13.1. The van der Waals surface area contributed by atoms with Crippen molar-refractivity contribution in [3.8, 4) is 0 Å². The lowest BCUT2D eigenvalue weighted by atomic mass is 9.79. The number of carbonyl (C=O) groups is 4. The number of nitrogens with one attached hydrogen (secondary N) is 4. The van der Waals surface area contributed by atoms with Crippen LogP contribution in [0.25, 0.3) is 10.9 Å². The summed E-state index contributed by atoms with van der Waals surface area (Å²) in [7, 11) is -0.507. The largest absolute Gasteiger partial charge is 0.494 e. The van der Waals surface area contributed by atoms with Crippen LogP contribution in [0.2, 0.25) is 0 Å². The van der Waals surface area contributed by atoms with Gasteiger partial charge in [-0.2, -0.15) is 0 Å². The monoisotopic (exact) mass is 637 g/mol. The molecule has 4 N–H and O–H groups in total. The van der Waals surface area contributed by atoms with Gasteiger partial charge in [0.25, 0.3) is 17.6 Å². The summed E-state index contributed by atoms with van der Waals surface area (Å²) in [5.41, 5.74) is 2.16. The summed E-state index contributed by atoms with van der Waals surface area (Å²) < 4.78 is 12.2. The van der Waals surface area contributed by atoms with Gasteiger partial charge in [-0.25, -0.2) is 4.79 Å². The molecule has 12 heteroatoms. The zero-order valence-corrected chi connectivity index (χ0v) is 27.3. The van der Waals surface area contributed by atoms with Crippen LogP contribution in [-0.4, -0.2) is 71.5 Å². The number of Topliss-reactive ketones (excluding diaryl/α,β-unsaturated/α-hetero) is 1. The topological polar surface area (TPSA) is 142 Å². The van der Waals surface area contributed by atoms with Gasteiger partial charge in [0.15, 0.2) is 0 Å². The summed E-state index contributed by atoms with van der Waals surface area (Å²) >= 11 is 0. The van der Waals surface area contributed by atoms with Crippen LogP contribution in [-0.2, 0) is 14.1 Å². The van der Waals surface area contributed by atoms with Crippen LogP contribution in [0.5, 0.6) is 0 Å². The number of urea groups is 1. The lowest BCUT2D eigenvalue weighted by molar-refractivity contribution is -0.117. The molecular weight excluding hydrogens is 597 g/mol. The highest BCUT2D eigenvalue weighted by molar-refractivity contribution is 6.62. The Morgan fingerprint density at radius 2 is 1.51 bits per heavy atom. The quantitative estimate of drug-likeness (QED) is 0.104. The highest BCUT2D eigenvalue weighted by Gasteiger charge is 2.51. The average molecular weight is 638 g/mol. The minimum Gasteiger partial charge on any atom is -0.399 e. The molecule has 244 valence electrons. The molecule has 2 heterocycles. The van der Waals surface area contributed by atoms with E-state index in [4.69, 9.17) is 9.31 Å². The number of aromatic nitrogens is 1. The second kappa shape index (κ2) is 13.8. The number of para-hydroxylation sites is 1. The van der Waals surface area contributed by atoms with Crippen LogP contribution < -0.4 is 21.4 Å². The number of nitrogens with zero attached hydrogens (tertiary/aromatic N) is 1. The third-order valence-electron chi connectivity index (χ3n) is 8.58. The Kier molecular flexibility index (Phi) is 9.83. The zero-order valence-electron chi connectivity index (χ0n) is 27.3. The number of amides is 4. The van der Waals surface area contributed by atoms with Gasteiger partial charge in [0, 0.05) is 42.5 Å². The Morgan fingerprint density at radius 1 is 0.830 bits per heavy atom. The molecule has 0 atom stereocenters. The smallest absolute Gasteiger partial charge is 0.399 e. The van der Waals surface area contributed by atoms with Crippen molar-refractivity contribution in [1.29, 1.82) is 0 Å². The minimum absolute atomic E-state index is 0.121. The third-order valence-corrected chi connectivity index (χ3v) is 8.58. The van der Waals surface area contributed by atoms with Gasteiger partial charge in [0.2, 0.25) is 0 Å². The number of aromatic amines is 1. The Bertz CT molecular complexity index is 1750. The first-order valence-corrected chi connectivity index (χ1v) is 15.7. The maximum atomic E-state index is 13.1. The second-order valence-electron chi connectivity index (χ2n) is 12.5. The van der Waals surface area contributed by atoms with Gasteiger partial charge in [0.1, 0.15) is 0 Å². The molecule has 0 saturated carbocycles. The molecule has 5 rings (SSSR count). The molecule has 47 heavy (non-hydrogen) atoms. The number of carbonyl (C=O) groups excluding carboxylic acids is 4. The van der Waals surface area contributed by atoms with Gasteiger partial charge in [0.05, 0.1) is 28.0 Å². The molecule has 0 aliphatic carbocycles. The molecule has 0 radical (unpaired) electrons. The van der Waals surface area contributed by atoms with Crippen molar-refractivity contribution in [1.82, 2.24) is 15.2 Å². The standard InChI is InChI=1S/C35H40BN5O6/c1-6-20-41(32(44)23-11-8-7-9-12-23)21-19-37-31(43)30(42)27-22-38-29-26(27)13-10-14-28(29)40-33(45)39-25-17-15-24(16-18-25)36-46-34(2,3)35(4,5)47-36/h7-18,22,38H,6,19-21H2,1-5H3,(H,37,43)(H2,39,40,45). The number of ketones is 1. The normalized spacial score (nSPS) is 14.9. The fourth-order valence-corrected chi connectivity index (χ4v) is 5.29. The molecule has 0 spiro atoms. The summed E-state index contributed by atoms with van der Waals surface area (Å²) in [4.78, 5) is 56.4. The Labute approximate surface area is 274 Å². The van der Waals surface area contributed by atoms with E-state index >= 15 is 0 Å². The summed E-state index contributed by atoms with van der Waals surface area (Å²) in [5, 5.41) is 8.75. The first-order valence-electron chi connectivity index (χ1n) is 15.7. The van der Waals surface area contributed by atoms with E-state index in [1.165, 1.54) is 6.20 Å². The zero-order chi connectivity index (χ0) is 33.8. The first-order chi connectivity index (χ1) is 22.4. The van der Waals surface area contributed by atoms with Crippen molar-refractivity contribution in [2.24, 2.45) is 0 Å². The molecule has 11 nitrogen and oxygen atoms in total. The molecule has 0 unspecified atom stereocenters. The first kappa shape index (κ1) is 33.4. The van der Waals surface area contributed by atoms with Crippen molar-refractivity contribution in [3.63, 3.8) is 0 Å². The van der Waals surface area contributed by atoms with E-state index in [1.807, 2.05) is 52.8 Å². The van der Waals surface area contributed by atoms with E-state index in [0.717, 1.165) is 11.9 Å². The van der Waals surface area contributed by atoms with Gasteiger partial charge in [-0.15, -0.1) is 0 Å². The van der Waals surface area contributed by atoms with E-state index in [9.17, 15) is 19.2 Å². The minimum atomic E-state index is -0.783. The van der Waals surface area contributed by atoms with Gasteiger partial charge >= 0.3 is 13.1 Å². The molecular formula is C35H40BN5O6. The van der Waals surface area contributed by atoms with Crippen LogP contribution >= 0.6 is 0 Å². The van der Waals surface area contributed by atoms with Crippen LogP contribution in [0.4, 0.5) is 16.2 Å². The molecule has 4 aromatic rings. The number of anilines is 2. The van der Waals surface area contributed by atoms with E-state index in [-0.39, 0.29) is 24.6 Å². The highest BCUT2D eigenvalue weighted by atomic mass is 16.7. The summed E-state index contributed by atoms with van der Waals surface area (Å²) in [6.45, 7) is 10.8. The number of rotatable bonds is 11. The predicted octanol–water partition coefficient (Wildman–Crippen LogP) is 4.96. The summed E-state index contributed by atoms with van der Waals surface area (Å²) in [5.74, 6) is -1.64. The van der Waals surface area contributed by atoms with Crippen molar-refractivity contribution >= 4 is 58.5 Å². The average Bonchev–Trinajstić information content (AvgIpc) is 3.58. The number of benzene rings is 3. The lowest BCUT2D eigenvalue weighted by Crippen LogP contribution is -2.41. The predicted molar refractivity (Wildman–Crippen MR) is 183 cm³/mol. The molecule has 1 aliphatic rings. The van der Waals surface area contributed by atoms with Gasteiger partial charge in [-0.3, -0.25) is 14.4 Å². The molecule has 1 saturated heterocycles. The summed E-state index contributed by atoms with van der Waals surface area (Å²) in [6.07, 6.45) is 2.20. The number of H-pyrrole nitrogens is 1. The van der Waals surface area contributed by atoms with Gasteiger partial charge in [-0.1, -0.05) is 49.4 Å². The Balaban J connectivity index is 1.18. The van der Waals surface area contributed by atoms with Crippen molar-refractivity contribution in [3.05, 3.63) is 90.1 Å². The molecule has 1 aliphatic heterocycles. The van der Waals surface area contributed by atoms with Gasteiger partial charge in [-0.05, 0) is 69.9 Å². The SMILES string of the molecule is CCCN(CCNC(=O)C(=O)c1c[nH]c2c(NC(=O)Nc3ccc(B4OC(C)(C)C(C)(C)O4)cc3)cccc12)C(=O)c1ccccc1. The number of hydrogen-bond donors (Lipinski definition) is 4. The van der Waals surface area contributed by atoms with E-state index < -0.39 is 36.0 Å². The van der Waals surface area contributed by atoms with E-state index in [0.29, 0.717) is 34.4 Å². The van der Waals surface area contributed by atoms with Crippen LogP contribution in [0, 0.1) is 0 Å². The maximum Gasteiger partial charge on any atom is 0.494 e. The number of hydrogen-bond acceptors (Lipinski definition) is 6. The second-order valence-corrected chi connectivity index (χ2v) is 12.5. The fraction of sp³-hybridized carbons (Fsp3) is 0.314. The molecule has 1 aromatic heterocycles. The van der Waals surface area contributed by atoms with Crippen molar-refractivity contribution in [2.45, 2.75) is 52.2 Å². The molecule has 3 aromatic carbocycles. The van der Waals surface area contributed by atoms with E-state index in [2.05, 4.69) is 20.9 Å². The van der Waals surface area contributed by atoms with E-state index in [1.54, 1.807) is 59.5 Å². The molecule has 0 bridgehead atoms. The Morgan fingerprint density at radius 3 is 2.17 bits per heavy atom. The lowest BCUT2D eigenvalue weighted by Gasteiger charge is -2.32. The van der Waals surface area contributed by atoms with Crippen LogP contribution in [0.3, 0.4) is 0 Å². The van der Waals surface area contributed by atoms with Gasteiger partial charge < -0.3 is 35.1 Å². The third kappa shape index (κ3) is 7.39. The molecule has 1 fully saturated rings. The fourth-order valence-electron chi connectivity index (χ4n) is 5.29. The number of fused-ring (bicyclic) bond motifs is 1.